The minimum atomic E-state index is -0.526. The third kappa shape index (κ3) is 3.21. The van der Waals surface area contributed by atoms with Crippen LogP contribution in [0.15, 0.2) is 18.2 Å². The van der Waals surface area contributed by atoms with Crippen LogP contribution in [-0.4, -0.2) is 29.8 Å². The second kappa shape index (κ2) is 5.26. The Morgan fingerprint density at radius 1 is 1.58 bits per heavy atom. The van der Waals surface area contributed by atoms with Crippen molar-refractivity contribution < 1.29 is 14.0 Å². The van der Waals surface area contributed by atoms with Crippen LogP contribution in [0.25, 0.3) is 0 Å². The van der Waals surface area contributed by atoms with E-state index < -0.39 is 5.82 Å². The van der Waals surface area contributed by atoms with Gasteiger partial charge in [-0.2, -0.15) is 0 Å². The molecule has 0 aliphatic carbocycles. The topological polar surface area (TPSA) is 75.4 Å². The molecule has 1 atom stereocenters. The molecule has 1 fully saturated rings. The van der Waals surface area contributed by atoms with Gasteiger partial charge >= 0.3 is 0 Å². The van der Waals surface area contributed by atoms with Crippen LogP contribution in [0.2, 0.25) is 0 Å². The summed E-state index contributed by atoms with van der Waals surface area (Å²) in [6, 6.07) is 3.97. The lowest BCUT2D eigenvalue weighted by Gasteiger charge is -2.15. The summed E-state index contributed by atoms with van der Waals surface area (Å²) < 4.78 is 13.0. The lowest BCUT2D eigenvalue weighted by molar-refractivity contribution is -0.131. The van der Waals surface area contributed by atoms with Gasteiger partial charge in [-0.3, -0.25) is 9.59 Å². The molecule has 1 saturated heterocycles. The lowest BCUT2D eigenvalue weighted by atomic mass is 10.2. The Morgan fingerprint density at radius 2 is 2.32 bits per heavy atom. The van der Waals surface area contributed by atoms with E-state index in [2.05, 4.69) is 5.32 Å². The summed E-state index contributed by atoms with van der Waals surface area (Å²) in [6.45, 7) is 2.58. The monoisotopic (exact) mass is 265 g/mol. The number of likely N-dealkylation sites (tertiary alicyclic amines) is 1. The SMILES string of the molecule is CC1CC(=O)N(CC(=O)Nc2ccc(F)c(N)c2)C1. The van der Waals surface area contributed by atoms with Crippen LogP contribution < -0.4 is 11.1 Å². The number of hydrogen-bond acceptors (Lipinski definition) is 3. The smallest absolute Gasteiger partial charge is 0.243 e. The van der Waals surface area contributed by atoms with Crippen LogP contribution in [0.1, 0.15) is 13.3 Å². The average molecular weight is 265 g/mol. The van der Waals surface area contributed by atoms with Gasteiger partial charge in [-0.15, -0.1) is 0 Å². The number of nitrogens with one attached hydrogen (secondary N) is 1. The first-order valence-electron chi connectivity index (χ1n) is 6.08. The van der Waals surface area contributed by atoms with Gasteiger partial charge in [0.25, 0.3) is 0 Å². The van der Waals surface area contributed by atoms with E-state index in [9.17, 15) is 14.0 Å². The number of nitrogens with zero attached hydrogens (tertiary/aromatic N) is 1. The highest BCUT2D eigenvalue weighted by atomic mass is 19.1. The van der Waals surface area contributed by atoms with Crippen LogP contribution in [0.4, 0.5) is 15.8 Å². The fraction of sp³-hybridized carbons (Fsp3) is 0.385. The Kier molecular flexibility index (Phi) is 3.69. The minimum absolute atomic E-state index is 0.0127. The highest BCUT2D eigenvalue weighted by Gasteiger charge is 2.27. The van der Waals surface area contributed by atoms with E-state index in [-0.39, 0.29) is 30.0 Å². The predicted molar refractivity (Wildman–Crippen MR) is 69.8 cm³/mol. The number of benzene rings is 1. The maximum Gasteiger partial charge on any atom is 0.243 e. The van der Waals surface area contributed by atoms with Crippen molar-refractivity contribution >= 4 is 23.2 Å². The minimum Gasteiger partial charge on any atom is -0.396 e. The molecule has 1 heterocycles. The molecule has 0 aromatic heterocycles. The van der Waals surface area contributed by atoms with Crippen LogP contribution in [0, 0.1) is 11.7 Å². The number of halogens is 1. The van der Waals surface area contributed by atoms with Crippen molar-refractivity contribution in [2.75, 3.05) is 24.1 Å². The highest BCUT2D eigenvalue weighted by Crippen LogP contribution is 2.18. The van der Waals surface area contributed by atoms with Gasteiger partial charge in [0.05, 0.1) is 12.2 Å². The molecule has 2 amide bonds. The average Bonchev–Trinajstić information content (AvgIpc) is 2.62. The molecule has 19 heavy (non-hydrogen) atoms. The zero-order valence-corrected chi connectivity index (χ0v) is 10.6. The normalized spacial score (nSPS) is 18.7. The number of amides is 2. The third-order valence-electron chi connectivity index (χ3n) is 3.02. The fourth-order valence-corrected chi connectivity index (χ4v) is 2.12. The van der Waals surface area contributed by atoms with Crippen LogP contribution in [0.5, 0.6) is 0 Å². The lowest BCUT2D eigenvalue weighted by Crippen LogP contribution is -2.34. The van der Waals surface area contributed by atoms with E-state index in [4.69, 9.17) is 5.73 Å². The second-order valence-electron chi connectivity index (χ2n) is 4.87. The summed E-state index contributed by atoms with van der Waals surface area (Å²) in [5.74, 6) is -0.571. The van der Waals surface area contributed by atoms with Crippen molar-refractivity contribution in [1.29, 1.82) is 0 Å². The van der Waals surface area contributed by atoms with Gasteiger partial charge in [-0.25, -0.2) is 4.39 Å². The maximum absolute atomic E-state index is 13.0. The Morgan fingerprint density at radius 3 is 2.89 bits per heavy atom. The molecule has 1 aromatic carbocycles. The molecule has 0 bridgehead atoms. The van der Waals surface area contributed by atoms with E-state index in [1.54, 1.807) is 0 Å². The molecule has 0 saturated carbocycles. The molecule has 1 aromatic rings. The van der Waals surface area contributed by atoms with Crippen LogP contribution in [0.3, 0.4) is 0 Å². The maximum atomic E-state index is 13.0. The second-order valence-corrected chi connectivity index (χ2v) is 4.87. The molecular formula is C13H16FN3O2. The zero-order chi connectivity index (χ0) is 14.0. The fourth-order valence-electron chi connectivity index (χ4n) is 2.12. The van der Waals surface area contributed by atoms with E-state index in [0.29, 0.717) is 18.7 Å². The molecule has 5 nitrogen and oxygen atoms in total. The Labute approximate surface area is 110 Å². The third-order valence-corrected chi connectivity index (χ3v) is 3.02. The van der Waals surface area contributed by atoms with E-state index in [1.165, 1.54) is 23.1 Å². The summed E-state index contributed by atoms with van der Waals surface area (Å²) in [5, 5.41) is 2.59. The van der Waals surface area contributed by atoms with Crippen molar-refractivity contribution in [1.82, 2.24) is 4.90 Å². The number of carbonyl (C=O) groups excluding carboxylic acids is 2. The zero-order valence-electron chi connectivity index (χ0n) is 10.6. The van der Waals surface area contributed by atoms with Gasteiger partial charge < -0.3 is 16.0 Å². The molecule has 1 aliphatic rings. The summed E-state index contributed by atoms with van der Waals surface area (Å²) >= 11 is 0. The van der Waals surface area contributed by atoms with Crippen molar-refractivity contribution in [3.05, 3.63) is 24.0 Å². The molecule has 2 rings (SSSR count). The number of nitrogens with two attached hydrogens (primary N) is 1. The first-order valence-corrected chi connectivity index (χ1v) is 6.08. The summed E-state index contributed by atoms with van der Waals surface area (Å²) in [6.07, 6.45) is 0.483. The number of rotatable bonds is 3. The number of hydrogen-bond donors (Lipinski definition) is 2. The van der Waals surface area contributed by atoms with Crippen molar-refractivity contribution in [3.63, 3.8) is 0 Å². The van der Waals surface area contributed by atoms with Crippen LogP contribution >= 0.6 is 0 Å². The van der Waals surface area contributed by atoms with Gasteiger partial charge in [-0.1, -0.05) is 6.92 Å². The molecule has 0 radical (unpaired) electrons. The summed E-state index contributed by atoms with van der Waals surface area (Å²) in [5.41, 5.74) is 5.80. The molecule has 3 N–H and O–H groups in total. The Balaban J connectivity index is 1.94. The van der Waals surface area contributed by atoms with Gasteiger partial charge in [0, 0.05) is 18.7 Å². The number of nitrogen functional groups attached to an aromatic ring is 1. The first-order chi connectivity index (χ1) is 8.95. The standard InChI is InChI=1S/C13H16FN3O2/c1-8-4-13(19)17(6-8)7-12(18)16-9-2-3-10(14)11(15)5-9/h2-3,5,8H,4,6-7,15H2,1H3,(H,16,18). The molecule has 0 spiro atoms. The summed E-state index contributed by atoms with van der Waals surface area (Å²) in [7, 11) is 0. The Bertz CT molecular complexity index is 519. The Hall–Kier alpha value is -2.11. The van der Waals surface area contributed by atoms with E-state index in [0.717, 1.165) is 0 Å². The largest absolute Gasteiger partial charge is 0.396 e. The molecule has 102 valence electrons. The molecule has 1 unspecified atom stereocenters. The van der Waals surface area contributed by atoms with Crippen molar-refractivity contribution in [2.45, 2.75) is 13.3 Å². The molecule has 6 heteroatoms. The number of carbonyl (C=O) groups is 2. The first kappa shape index (κ1) is 13.3. The quantitative estimate of drug-likeness (QED) is 0.807. The predicted octanol–water partition coefficient (Wildman–Crippen LogP) is 1.21. The number of anilines is 2. The van der Waals surface area contributed by atoms with Gasteiger partial charge in [0.15, 0.2) is 0 Å². The molecular weight excluding hydrogens is 249 g/mol. The summed E-state index contributed by atoms with van der Waals surface area (Å²) in [4.78, 5) is 24.8. The van der Waals surface area contributed by atoms with Gasteiger partial charge in [-0.05, 0) is 24.1 Å². The van der Waals surface area contributed by atoms with Crippen molar-refractivity contribution in [2.24, 2.45) is 5.92 Å². The van der Waals surface area contributed by atoms with E-state index >= 15 is 0 Å². The highest BCUT2D eigenvalue weighted by molar-refractivity contribution is 5.95. The van der Waals surface area contributed by atoms with Gasteiger partial charge in [0.2, 0.25) is 11.8 Å². The molecule has 1 aliphatic heterocycles. The van der Waals surface area contributed by atoms with Gasteiger partial charge in [0.1, 0.15) is 5.82 Å². The van der Waals surface area contributed by atoms with Crippen LogP contribution in [-0.2, 0) is 9.59 Å². The van der Waals surface area contributed by atoms with Crippen molar-refractivity contribution in [3.8, 4) is 0 Å². The van der Waals surface area contributed by atoms with E-state index in [1.807, 2.05) is 6.92 Å².